The summed E-state index contributed by atoms with van der Waals surface area (Å²) in [4.78, 5) is 11.0. The molecule has 7 nitrogen and oxygen atoms in total. The molecule has 0 atom stereocenters. The third-order valence-corrected chi connectivity index (χ3v) is 3.64. The van der Waals surface area contributed by atoms with Gasteiger partial charge < -0.3 is 14.3 Å². The number of hydrogen-bond acceptors (Lipinski definition) is 6. The van der Waals surface area contributed by atoms with Crippen molar-refractivity contribution in [2.24, 2.45) is 0 Å². The first-order valence-electron chi connectivity index (χ1n) is 5.34. The summed E-state index contributed by atoms with van der Waals surface area (Å²) in [5.74, 6) is -0.178. The minimum absolute atomic E-state index is 0.0584. The van der Waals surface area contributed by atoms with Crippen LogP contribution < -0.4 is 4.72 Å². The Hall–Kier alpha value is -2.22. The van der Waals surface area contributed by atoms with E-state index in [0.29, 0.717) is 5.58 Å². The summed E-state index contributed by atoms with van der Waals surface area (Å²) in [7, 11) is -4.05. The summed E-state index contributed by atoms with van der Waals surface area (Å²) < 4.78 is 35.0. The monoisotopic (exact) mass is 285 g/mol. The van der Waals surface area contributed by atoms with E-state index < -0.39 is 16.1 Å². The van der Waals surface area contributed by atoms with Gasteiger partial charge in [0.1, 0.15) is 11.8 Å². The van der Waals surface area contributed by atoms with Crippen LogP contribution >= 0.6 is 0 Å². The van der Waals surface area contributed by atoms with E-state index in [2.05, 4.69) is 4.74 Å². The average molecular weight is 285 g/mol. The van der Waals surface area contributed by atoms with Gasteiger partial charge in [-0.1, -0.05) is 0 Å². The molecule has 2 aromatic rings. The van der Waals surface area contributed by atoms with Crippen LogP contribution in [0.15, 0.2) is 33.8 Å². The molecule has 0 fully saturated rings. The van der Waals surface area contributed by atoms with Crippen molar-refractivity contribution >= 4 is 27.1 Å². The van der Waals surface area contributed by atoms with E-state index in [0.717, 1.165) is 6.26 Å². The Labute approximate surface area is 108 Å². The maximum Gasteiger partial charge on any atom is 0.421 e. The zero-order valence-electron chi connectivity index (χ0n) is 9.91. The molecule has 1 aromatic heterocycles. The van der Waals surface area contributed by atoms with Crippen molar-refractivity contribution < 1.29 is 27.5 Å². The van der Waals surface area contributed by atoms with E-state index >= 15 is 0 Å². The lowest BCUT2D eigenvalue weighted by Crippen LogP contribution is -2.31. The van der Waals surface area contributed by atoms with Crippen molar-refractivity contribution in [2.45, 2.75) is 11.8 Å². The molecule has 1 aromatic carbocycles. The van der Waals surface area contributed by atoms with Crippen LogP contribution in [0, 0.1) is 0 Å². The highest BCUT2D eigenvalue weighted by Gasteiger charge is 2.19. The number of carbonyl (C=O) groups is 1. The molecule has 0 aliphatic carbocycles. The Bertz CT molecular complexity index is 718. The number of benzene rings is 1. The van der Waals surface area contributed by atoms with E-state index in [-0.39, 0.29) is 22.6 Å². The highest BCUT2D eigenvalue weighted by atomic mass is 32.2. The average Bonchev–Trinajstić information content (AvgIpc) is 2.70. The van der Waals surface area contributed by atoms with Gasteiger partial charge in [-0.2, -0.15) is 0 Å². The SMILES string of the molecule is CCOC(=O)NS(=O)(=O)c1ccc2occ(O)c2c1. The van der Waals surface area contributed by atoms with Crippen molar-refractivity contribution in [3.63, 3.8) is 0 Å². The van der Waals surface area contributed by atoms with Gasteiger partial charge in [0.25, 0.3) is 10.0 Å². The van der Waals surface area contributed by atoms with Gasteiger partial charge in [0.2, 0.25) is 0 Å². The predicted octanol–water partition coefficient (Wildman–Crippen LogP) is 1.57. The van der Waals surface area contributed by atoms with Gasteiger partial charge in [-0.25, -0.2) is 17.9 Å². The molecular weight excluding hydrogens is 274 g/mol. The number of carbonyl (C=O) groups excluding carboxylic acids is 1. The molecule has 0 saturated heterocycles. The van der Waals surface area contributed by atoms with Crippen LogP contribution in [-0.4, -0.2) is 26.2 Å². The molecular formula is C11H11NO6S. The Morgan fingerprint density at radius 3 is 2.89 bits per heavy atom. The van der Waals surface area contributed by atoms with Gasteiger partial charge >= 0.3 is 6.09 Å². The zero-order valence-corrected chi connectivity index (χ0v) is 10.7. The molecule has 19 heavy (non-hydrogen) atoms. The number of rotatable bonds is 3. The Morgan fingerprint density at radius 1 is 1.47 bits per heavy atom. The maximum atomic E-state index is 11.9. The smallest absolute Gasteiger partial charge is 0.421 e. The second-order valence-electron chi connectivity index (χ2n) is 3.60. The second kappa shape index (κ2) is 4.81. The molecule has 0 aliphatic rings. The van der Waals surface area contributed by atoms with Gasteiger partial charge in [-0.05, 0) is 25.1 Å². The summed E-state index contributed by atoms with van der Waals surface area (Å²) in [5, 5.41) is 9.71. The van der Waals surface area contributed by atoms with Crippen molar-refractivity contribution in [1.82, 2.24) is 4.72 Å². The summed E-state index contributed by atoms with van der Waals surface area (Å²) >= 11 is 0. The molecule has 0 spiro atoms. The minimum Gasteiger partial charge on any atom is -0.504 e. The van der Waals surface area contributed by atoms with Crippen LogP contribution in [0.4, 0.5) is 4.79 Å². The Balaban J connectivity index is 2.37. The summed E-state index contributed by atoms with van der Waals surface area (Å²) in [5.41, 5.74) is 0.340. The summed E-state index contributed by atoms with van der Waals surface area (Å²) in [6.07, 6.45) is 0.0406. The first kappa shape index (κ1) is 13.2. The molecule has 0 bridgehead atoms. The third-order valence-electron chi connectivity index (χ3n) is 2.33. The summed E-state index contributed by atoms with van der Waals surface area (Å²) in [6, 6.07) is 3.84. The van der Waals surface area contributed by atoms with E-state index in [1.54, 1.807) is 11.6 Å². The van der Waals surface area contributed by atoms with E-state index in [4.69, 9.17) is 4.42 Å². The Kier molecular flexibility index (Phi) is 3.34. The molecule has 2 rings (SSSR count). The van der Waals surface area contributed by atoms with Crippen LogP contribution in [0.5, 0.6) is 5.75 Å². The van der Waals surface area contributed by atoms with Crippen LogP contribution in [-0.2, 0) is 14.8 Å². The van der Waals surface area contributed by atoms with Gasteiger partial charge in [0.15, 0.2) is 5.75 Å². The van der Waals surface area contributed by atoms with Gasteiger partial charge in [-0.3, -0.25) is 0 Å². The Morgan fingerprint density at radius 2 is 2.21 bits per heavy atom. The molecule has 0 radical (unpaired) electrons. The molecule has 8 heteroatoms. The number of aromatic hydroxyl groups is 1. The molecule has 2 N–H and O–H groups in total. The minimum atomic E-state index is -4.05. The topological polar surface area (TPSA) is 106 Å². The number of furan rings is 1. The predicted molar refractivity (Wildman–Crippen MR) is 65.2 cm³/mol. The van der Waals surface area contributed by atoms with Crippen molar-refractivity contribution in [3.05, 3.63) is 24.5 Å². The lowest BCUT2D eigenvalue weighted by molar-refractivity contribution is 0.158. The van der Waals surface area contributed by atoms with Crippen LogP contribution in [0.25, 0.3) is 11.0 Å². The molecule has 1 amide bonds. The van der Waals surface area contributed by atoms with E-state index in [9.17, 15) is 18.3 Å². The molecule has 0 unspecified atom stereocenters. The maximum absolute atomic E-state index is 11.9. The van der Waals surface area contributed by atoms with Crippen molar-refractivity contribution in [3.8, 4) is 5.75 Å². The number of nitrogens with one attached hydrogen (secondary N) is 1. The fourth-order valence-electron chi connectivity index (χ4n) is 1.49. The highest BCUT2D eigenvalue weighted by molar-refractivity contribution is 7.90. The molecule has 0 aliphatic heterocycles. The third kappa shape index (κ3) is 2.63. The molecule has 102 valence electrons. The summed E-state index contributed by atoms with van der Waals surface area (Å²) in [6.45, 7) is 1.62. The van der Waals surface area contributed by atoms with Crippen LogP contribution in [0.1, 0.15) is 6.92 Å². The van der Waals surface area contributed by atoms with Gasteiger partial charge in [0.05, 0.1) is 16.9 Å². The first-order chi connectivity index (χ1) is 8.94. The standard InChI is InChI=1S/C11H11NO6S/c1-2-17-11(14)12-19(15,16)7-3-4-10-8(5-7)9(13)6-18-10/h3-6,13H,2H2,1H3,(H,12,14). The number of fused-ring (bicyclic) bond motifs is 1. The quantitative estimate of drug-likeness (QED) is 0.886. The normalized spacial score (nSPS) is 11.4. The number of ether oxygens (including phenoxy) is 1. The van der Waals surface area contributed by atoms with Crippen molar-refractivity contribution in [1.29, 1.82) is 0 Å². The van der Waals surface area contributed by atoms with E-state index in [1.807, 2.05) is 0 Å². The zero-order chi connectivity index (χ0) is 14.0. The van der Waals surface area contributed by atoms with Gasteiger partial charge in [-0.15, -0.1) is 0 Å². The van der Waals surface area contributed by atoms with E-state index in [1.165, 1.54) is 18.2 Å². The van der Waals surface area contributed by atoms with Crippen molar-refractivity contribution in [2.75, 3.05) is 6.61 Å². The van der Waals surface area contributed by atoms with Crippen LogP contribution in [0.3, 0.4) is 0 Å². The fourth-order valence-corrected chi connectivity index (χ4v) is 2.41. The first-order valence-corrected chi connectivity index (χ1v) is 6.82. The second-order valence-corrected chi connectivity index (χ2v) is 5.29. The largest absolute Gasteiger partial charge is 0.504 e. The molecule has 1 heterocycles. The number of sulfonamides is 1. The number of amides is 1. The molecule has 0 saturated carbocycles. The van der Waals surface area contributed by atoms with Crippen LogP contribution in [0.2, 0.25) is 0 Å². The highest BCUT2D eigenvalue weighted by Crippen LogP contribution is 2.28. The number of hydrogen-bond donors (Lipinski definition) is 2. The lowest BCUT2D eigenvalue weighted by Gasteiger charge is -2.06. The van der Waals surface area contributed by atoms with Gasteiger partial charge in [0, 0.05) is 0 Å². The lowest BCUT2D eigenvalue weighted by atomic mass is 10.2. The fraction of sp³-hybridized carbons (Fsp3) is 0.182.